The van der Waals surface area contributed by atoms with Crippen LogP contribution in [0.5, 0.6) is 0 Å². The topological polar surface area (TPSA) is 90.9 Å². The maximum Gasteiger partial charge on any atom is 0.227 e. The first kappa shape index (κ1) is 19.0. The van der Waals surface area contributed by atoms with E-state index in [1.54, 1.807) is 0 Å². The molecule has 0 saturated carbocycles. The Labute approximate surface area is 153 Å². The third-order valence-corrected chi connectivity index (χ3v) is 6.57. The van der Waals surface area contributed by atoms with Crippen LogP contribution in [0.3, 0.4) is 0 Å². The van der Waals surface area contributed by atoms with Crippen molar-refractivity contribution in [2.75, 3.05) is 11.5 Å². The van der Waals surface area contributed by atoms with Gasteiger partial charge >= 0.3 is 0 Å². The molecule has 24 heavy (non-hydrogen) atoms. The van der Waals surface area contributed by atoms with Crippen molar-refractivity contribution in [3.05, 3.63) is 23.0 Å². The number of rotatable bonds is 8. The molecule has 0 aliphatic rings. The van der Waals surface area contributed by atoms with Gasteiger partial charge in [-0.15, -0.1) is 10.2 Å². The lowest BCUT2D eigenvalue weighted by Gasteiger charge is -2.13. The first-order valence-electron chi connectivity index (χ1n) is 7.38. The summed E-state index contributed by atoms with van der Waals surface area (Å²) in [4.78, 5) is 23.3. The number of nitrogens with zero attached hydrogens (tertiary/aromatic N) is 3. The van der Waals surface area contributed by atoms with E-state index in [4.69, 9.17) is 5.73 Å². The number of hydrogen-bond donors (Lipinski definition) is 1. The molecule has 0 fully saturated rings. The number of carbonyl (C=O) groups excluding carboxylic acids is 2. The lowest BCUT2D eigenvalue weighted by atomic mass is 10.2. The summed E-state index contributed by atoms with van der Waals surface area (Å²) in [5.41, 5.74) is 7.97. The summed E-state index contributed by atoms with van der Waals surface area (Å²) in [5, 5.41) is 8.02. The molecule has 2 aromatic rings. The summed E-state index contributed by atoms with van der Waals surface area (Å²) in [7, 11) is 0. The van der Waals surface area contributed by atoms with Gasteiger partial charge in [-0.25, -0.2) is 0 Å². The van der Waals surface area contributed by atoms with E-state index in [1.807, 2.05) is 19.9 Å². The molecule has 0 spiro atoms. The zero-order chi connectivity index (χ0) is 17.9. The molecule has 0 atom stereocenters. The molecule has 130 valence electrons. The van der Waals surface area contributed by atoms with Gasteiger partial charge in [0.25, 0.3) is 0 Å². The van der Waals surface area contributed by atoms with Crippen LogP contribution in [0.2, 0.25) is 0 Å². The first-order chi connectivity index (χ1) is 11.3. The normalized spacial score (nSPS) is 11.2. The lowest BCUT2D eigenvalue weighted by molar-refractivity contribution is -0.115. The van der Waals surface area contributed by atoms with Gasteiger partial charge in [-0.3, -0.25) is 9.59 Å². The van der Waals surface area contributed by atoms with Gasteiger partial charge in [-0.05, 0) is 33.8 Å². The highest BCUT2D eigenvalue weighted by atomic mass is 32.2. The molecule has 0 bridgehead atoms. The minimum Gasteiger partial charge on any atom is -0.369 e. The standard InChI is InChI=1S/C15H20N4O2S3/c1-8(2)19-9(3)5-11(10(19)4)12(20)6-22-14-17-18-15(24-14)23-7-13(16)21/h5,8H,6-7H2,1-4H3,(H2,16,21). The Morgan fingerprint density at radius 1 is 1.21 bits per heavy atom. The van der Waals surface area contributed by atoms with Gasteiger partial charge < -0.3 is 10.3 Å². The molecule has 6 nitrogen and oxygen atoms in total. The fourth-order valence-corrected chi connectivity index (χ4v) is 5.15. The Hall–Kier alpha value is -1.32. The van der Waals surface area contributed by atoms with E-state index in [0.717, 1.165) is 17.0 Å². The van der Waals surface area contributed by atoms with Crippen LogP contribution in [0.25, 0.3) is 0 Å². The number of primary amides is 1. The number of carbonyl (C=O) groups is 2. The van der Waals surface area contributed by atoms with Crippen LogP contribution in [0.15, 0.2) is 14.7 Å². The third kappa shape index (κ3) is 4.61. The van der Waals surface area contributed by atoms with Gasteiger partial charge in [0.15, 0.2) is 14.5 Å². The molecular formula is C15H20N4O2S3. The molecule has 0 aromatic carbocycles. The third-order valence-electron chi connectivity index (χ3n) is 3.35. The molecule has 0 saturated heterocycles. The zero-order valence-corrected chi connectivity index (χ0v) is 16.5. The highest BCUT2D eigenvalue weighted by Gasteiger charge is 2.18. The molecule has 2 aromatic heterocycles. The Balaban J connectivity index is 1.99. The van der Waals surface area contributed by atoms with E-state index in [1.165, 1.54) is 34.9 Å². The van der Waals surface area contributed by atoms with Crippen molar-refractivity contribution < 1.29 is 9.59 Å². The van der Waals surface area contributed by atoms with Crippen LogP contribution in [0.1, 0.15) is 41.6 Å². The molecule has 2 heterocycles. The van der Waals surface area contributed by atoms with Crippen molar-refractivity contribution in [2.24, 2.45) is 5.73 Å². The van der Waals surface area contributed by atoms with E-state index < -0.39 is 0 Å². The second-order valence-electron chi connectivity index (χ2n) is 5.55. The summed E-state index contributed by atoms with van der Waals surface area (Å²) in [6.45, 7) is 8.21. The van der Waals surface area contributed by atoms with Crippen molar-refractivity contribution >= 4 is 46.6 Å². The molecule has 2 N–H and O–H groups in total. The fraction of sp³-hybridized carbons (Fsp3) is 0.467. The molecule has 0 aliphatic heterocycles. The predicted molar refractivity (Wildman–Crippen MR) is 99.2 cm³/mol. The number of thioether (sulfide) groups is 2. The van der Waals surface area contributed by atoms with E-state index in [2.05, 4.69) is 28.6 Å². The van der Waals surface area contributed by atoms with Gasteiger partial charge in [0.1, 0.15) is 0 Å². The van der Waals surface area contributed by atoms with Crippen molar-refractivity contribution in [1.82, 2.24) is 14.8 Å². The van der Waals surface area contributed by atoms with E-state index in [0.29, 0.717) is 20.5 Å². The molecule has 2 rings (SSSR count). The lowest BCUT2D eigenvalue weighted by Crippen LogP contribution is -2.12. The summed E-state index contributed by atoms with van der Waals surface area (Å²) in [6, 6.07) is 2.28. The van der Waals surface area contributed by atoms with Crippen LogP contribution < -0.4 is 5.73 Å². The van der Waals surface area contributed by atoms with Crippen LogP contribution in [0.4, 0.5) is 0 Å². The Morgan fingerprint density at radius 2 is 1.79 bits per heavy atom. The average molecular weight is 385 g/mol. The number of nitrogens with two attached hydrogens (primary N) is 1. The monoisotopic (exact) mass is 384 g/mol. The average Bonchev–Trinajstić information content (AvgIpc) is 3.07. The summed E-state index contributed by atoms with van der Waals surface area (Å²) in [6.07, 6.45) is 0. The number of ketones is 1. The van der Waals surface area contributed by atoms with Crippen molar-refractivity contribution in [3.63, 3.8) is 0 Å². The molecule has 9 heteroatoms. The van der Waals surface area contributed by atoms with Crippen molar-refractivity contribution in [1.29, 1.82) is 0 Å². The van der Waals surface area contributed by atoms with Gasteiger partial charge in [-0.1, -0.05) is 34.9 Å². The zero-order valence-electron chi connectivity index (χ0n) is 14.0. The number of Topliss-reactive ketones (excluding diaryl/α,β-unsaturated/α-hetero) is 1. The van der Waals surface area contributed by atoms with Crippen LogP contribution in [-0.2, 0) is 4.79 Å². The highest BCUT2D eigenvalue weighted by Crippen LogP contribution is 2.29. The van der Waals surface area contributed by atoms with E-state index in [9.17, 15) is 9.59 Å². The smallest absolute Gasteiger partial charge is 0.227 e. The van der Waals surface area contributed by atoms with E-state index >= 15 is 0 Å². The first-order valence-corrected chi connectivity index (χ1v) is 10.2. The minimum absolute atomic E-state index is 0.0848. The van der Waals surface area contributed by atoms with Crippen LogP contribution in [0, 0.1) is 13.8 Å². The van der Waals surface area contributed by atoms with Gasteiger partial charge in [-0.2, -0.15) is 0 Å². The molecule has 0 unspecified atom stereocenters. The van der Waals surface area contributed by atoms with Crippen molar-refractivity contribution in [2.45, 2.75) is 42.4 Å². The van der Waals surface area contributed by atoms with Gasteiger partial charge in [0.2, 0.25) is 5.91 Å². The Bertz CT molecular complexity index is 752. The predicted octanol–water partition coefficient (Wildman–Crippen LogP) is 3.09. The SMILES string of the molecule is Cc1cc(C(=O)CSc2nnc(SCC(N)=O)s2)c(C)n1C(C)C. The number of aryl methyl sites for hydroxylation is 1. The van der Waals surface area contributed by atoms with Crippen LogP contribution >= 0.6 is 34.9 Å². The minimum atomic E-state index is -0.389. The Morgan fingerprint density at radius 3 is 2.29 bits per heavy atom. The molecule has 0 radical (unpaired) electrons. The molecule has 0 aliphatic carbocycles. The van der Waals surface area contributed by atoms with Gasteiger partial charge in [0, 0.05) is 23.0 Å². The maximum atomic E-state index is 12.5. The fourth-order valence-electron chi connectivity index (χ4n) is 2.51. The maximum absolute atomic E-state index is 12.5. The number of amides is 1. The molecular weight excluding hydrogens is 364 g/mol. The second-order valence-corrected chi connectivity index (χ2v) is 8.97. The summed E-state index contributed by atoms with van der Waals surface area (Å²) in [5.74, 6) is 0.193. The van der Waals surface area contributed by atoms with E-state index in [-0.39, 0.29) is 17.4 Å². The molecule has 1 amide bonds. The largest absolute Gasteiger partial charge is 0.369 e. The van der Waals surface area contributed by atoms with Crippen molar-refractivity contribution in [3.8, 4) is 0 Å². The van der Waals surface area contributed by atoms with Gasteiger partial charge in [0.05, 0.1) is 11.5 Å². The highest BCUT2D eigenvalue weighted by molar-refractivity contribution is 8.03. The second kappa shape index (κ2) is 8.17. The quantitative estimate of drug-likeness (QED) is 0.555. The number of hydrogen-bond acceptors (Lipinski definition) is 7. The summed E-state index contributed by atoms with van der Waals surface area (Å²) >= 11 is 3.99. The summed E-state index contributed by atoms with van der Waals surface area (Å²) < 4.78 is 3.57. The number of aromatic nitrogens is 3. The van der Waals surface area contributed by atoms with Crippen LogP contribution in [-0.4, -0.2) is 38.0 Å². The Kier molecular flexibility index (Phi) is 6.47.